The first-order valence-electron chi connectivity index (χ1n) is 7.17. The standard InChI is InChI=1S/C16H23FN2O/c1-10-6-7-12(9-13(10)17)11(2)19-15(20)16(3)8-4-5-14(16)18/h6-7,9,11,14H,4-5,8,18H2,1-3H3,(H,19,20). The normalized spacial score (nSPS) is 27.4. The quantitative estimate of drug-likeness (QED) is 0.893. The van der Waals surface area contributed by atoms with E-state index in [9.17, 15) is 9.18 Å². The molecule has 3 N–H and O–H groups in total. The first-order chi connectivity index (χ1) is 9.34. The van der Waals surface area contributed by atoms with Crippen molar-refractivity contribution in [2.75, 3.05) is 0 Å². The lowest BCUT2D eigenvalue weighted by Gasteiger charge is -2.29. The summed E-state index contributed by atoms with van der Waals surface area (Å²) in [5.41, 5.74) is 6.93. The summed E-state index contributed by atoms with van der Waals surface area (Å²) in [4.78, 5) is 12.4. The number of nitrogens with two attached hydrogens (primary N) is 1. The Labute approximate surface area is 119 Å². The zero-order valence-electron chi connectivity index (χ0n) is 12.4. The predicted molar refractivity (Wildman–Crippen MR) is 77.6 cm³/mol. The third kappa shape index (κ3) is 2.70. The minimum atomic E-state index is -0.502. The van der Waals surface area contributed by atoms with E-state index in [-0.39, 0.29) is 23.8 Å². The van der Waals surface area contributed by atoms with Gasteiger partial charge < -0.3 is 11.1 Å². The van der Waals surface area contributed by atoms with Crippen LogP contribution in [-0.4, -0.2) is 11.9 Å². The Morgan fingerprint density at radius 2 is 2.25 bits per heavy atom. The van der Waals surface area contributed by atoms with Gasteiger partial charge in [-0.25, -0.2) is 4.39 Å². The fourth-order valence-electron chi connectivity index (χ4n) is 2.80. The molecule has 3 atom stereocenters. The summed E-state index contributed by atoms with van der Waals surface area (Å²) in [5.74, 6) is -0.275. The molecule has 1 aromatic rings. The second-order valence-corrected chi connectivity index (χ2v) is 6.12. The fourth-order valence-corrected chi connectivity index (χ4v) is 2.80. The van der Waals surface area contributed by atoms with Crippen molar-refractivity contribution >= 4 is 5.91 Å². The molecule has 0 aromatic heterocycles. The molecule has 0 heterocycles. The van der Waals surface area contributed by atoms with Crippen molar-refractivity contribution in [3.63, 3.8) is 0 Å². The highest BCUT2D eigenvalue weighted by molar-refractivity contribution is 5.83. The number of rotatable bonds is 3. The molecule has 0 radical (unpaired) electrons. The van der Waals surface area contributed by atoms with E-state index in [4.69, 9.17) is 5.73 Å². The maximum absolute atomic E-state index is 13.6. The maximum atomic E-state index is 13.6. The largest absolute Gasteiger partial charge is 0.349 e. The number of hydrogen-bond acceptors (Lipinski definition) is 2. The van der Waals surface area contributed by atoms with Gasteiger partial charge in [-0.2, -0.15) is 0 Å². The van der Waals surface area contributed by atoms with Gasteiger partial charge in [0.15, 0.2) is 0 Å². The van der Waals surface area contributed by atoms with E-state index in [0.717, 1.165) is 24.8 Å². The van der Waals surface area contributed by atoms with Crippen molar-refractivity contribution in [1.82, 2.24) is 5.32 Å². The molecule has 110 valence electrons. The van der Waals surface area contributed by atoms with E-state index in [1.54, 1.807) is 13.0 Å². The van der Waals surface area contributed by atoms with E-state index >= 15 is 0 Å². The highest BCUT2D eigenvalue weighted by atomic mass is 19.1. The zero-order chi connectivity index (χ0) is 14.9. The third-order valence-corrected chi connectivity index (χ3v) is 4.59. The Balaban J connectivity index is 2.09. The minimum absolute atomic E-state index is 0.0315. The Morgan fingerprint density at radius 1 is 1.55 bits per heavy atom. The molecule has 1 amide bonds. The van der Waals surface area contributed by atoms with Crippen LogP contribution >= 0.6 is 0 Å². The van der Waals surface area contributed by atoms with Gasteiger partial charge in [-0.05, 0) is 50.8 Å². The van der Waals surface area contributed by atoms with Crippen LogP contribution in [0.5, 0.6) is 0 Å². The molecule has 4 heteroatoms. The van der Waals surface area contributed by atoms with Gasteiger partial charge in [0.2, 0.25) is 5.91 Å². The number of aryl methyl sites for hydroxylation is 1. The number of carbonyl (C=O) groups is 1. The van der Waals surface area contributed by atoms with Crippen LogP contribution in [0.2, 0.25) is 0 Å². The third-order valence-electron chi connectivity index (χ3n) is 4.59. The SMILES string of the molecule is Cc1ccc(C(C)NC(=O)C2(C)CCCC2N)cc1F. The molecule has 0 spiro atoms. The van der Waals surface area contributed by atoms with E-state index in [2.05, 4.69) is 5.32 Å². The van der Waals surface area contributed by atoms with Crippen LogP contribution in [0.15, 0.2) is 18.2 Å². The fraction of sp³-hybridized carbons (Fsp3) is 0.562. The van der Waals surface area contributed by atoms with Gasteiger partial charge >= 0.3 is 0 Å². The Hall–Kier alpha value is -1.42. The summed E-state index contributed by atoms with van der Waals surface area (Å²) in [6, 6.07) is 4.75. The first kappa shape index (κ1) is 15.0. The molecule has 0 aliphatic heterocycles. The molecular formula is C16H23FN2O. The molecule has 1 aliphatic rings. The molecule has 1 saturated carbocycles. The Kier molecular flexibility index (Phi) is 4.14. The number of halogens is 1. The lowest BCUT2D eigenvalue weighted by atomic mass is 9.84. The van der Waals surface area contributed by atoms with Gasteiger partial charge in [0.05, 0.1) is 11.5 Å². The van der Waals surface area contributed by atoms with Crippen LogP contribution in [0.1, 0.15) is 50.3 Å². The number of benzene rings is 1. The van der Waals surface area contributed by atoms with Crippen molar-refractivity contribution in [3.05, 3.63) is 35.1 Å². The summed E-state index contributed by atoms with van der Waals surface area (Å²) in [7, 11) is 0. The van der Waals surface area contributed by atoms with Crippen molar-refractivity contribution in [2.24, 2.45) is 11.1 Å². The van der Waals surface area contributed by atoms with Gasteiger partial charge in [-0.15, -0.1) is 0 Å². The molecule has 3 nitrogen and oxygen atoms in total. The zero-order valence-corrected chi connectivity index (χ0v) is 12.4. The minimum Gasteiger partial charge on any atom is -0.349 e. The van der Waals surface area contributed by atoms with Gasteiger partial charge in [0.1, 0.15) is 5.82 Å². The number of nitrogens with one attached hydrogen (secondary N) is 1. The smallest absolute Gasteiger partial charge is 0.227 e. The molecule has 1 fully saturated rings. The van der Waals surface area contributed by atoms with Gasteiger partial charge in [0.25, 0.3) is 0 Å². The van der Waals surface area contributed by atoms with Gasteiger partial charge in [0, 0.05) is 6.04 Å². The summed E-state index contributed by atoms with van der Waals surface area (Å²) in [6.07, 6.45) is 2.69. The van der Waals surface area contributed by atoms with Crippen LogP contribution in [0.4, 0.5) is 4.39 Å². The van der Waals surface area contributed by atoms with E-state index in [0.29, 0.717) is 5.56 Å². The highest BCUT2D eigenvalue weighted by Gasteiger charge is 2.43. The van der Waals surface area contributed by atoms with Crippen molar-refractivity contribution in [1.29, 1.82) is 0 Å². The van der Waals surface area contributed by atoms with Gasteiger partial charge in [-0.3, -0.25) is 4.79 Å². The van der Waals surface area contributed by atoms with Gasteiger partial charge in [-0.1, -0.05) is 18.6 Å². The van der Waals surface area contributed by atoms with Crippen LogP contribution in [0.25, 0.3) is 0 Å². The second kappa shape index (κ2) is 5.52. The summed E-state index contributed by atoms with van der Waals surface area (Å²) in [6.45, 7) is 5.51. The van der Waals surface area contributed by atoms with E-state index in [1.165, 1.54) is 6.07 Å². The highest BCUT2D eigenvalue weighted by Crippen LogP contribution is 2.37. The molecule has 1 aromatic carbocycles. The van der Waals surface area contributed by atoms with Crippen molar-refractivity contribution in [3.8, 4) is 0 Å². The molecule has 0 bridgehead atoms. The lowest BCUT2D eigenvalue weighted by molar-refractivity contribution is -0.131. The van der Waals surface area contributed by atoms with Crippen LogP contribution in [-0.2, 0) is 4.79 Å². The van der Waals surface area contributed by atoms with Crippen LogP contribution in [0, 0.1) is 18.2 Å². The number of hydrogen-bond donors (Lipinski definition) is 2. The first-order valence-corrected chi connectivity index (χ1v) is 7.17. The second-order valence-electron chi connectivity index (χ2n) is 6.12. The molecule has 3 unspecified atom stereocenters. The average Bonchev–Trinajstić information content (AvgIpc) is 2.74. The van der Waals surface area contributed by atoms with Crippen molar-refractivity contribution in [2.45, 2.75) is 52.1 Å². The molecule has 20 heavy (non-hydrogen) atoms. The van der Waals surface area contributed by atoms with Crippen LogP contribution < -0.4 is 11.1 Å². The summed E-state index contributed by atoms with van der Waals surface area (Å²) < 4.78 is 13.6. The summed E-state index contributed by atoms with van der Waals surface area (Å²) >= 11 is 0. The monoisotopic (exact) mass is 278 g/mol. The summed E-state index contributed by atoms with van der Waals surface area (Å²) in [5, 5.41) is 2.97. The molecular weight excluding hydrogens is 255 g/mol. The van der Waals surface area contributed by atoms with Crippen molar-refractivity contribution < 1.29 is 9.18 Å². The molecule has 1 aliphatic carbocycles. The van der Waals surface area contributed by atoms with E-state index in [1.807, 2.05) is 19.9 Å². The molecule has 2 rings (SSSR count). The lowest BCUT2D eigenvalue weighted by Crippen LogP contribution is -2.47. The number of carbonyl (C=O) groups excluding carboxylic acids is 1. The van der Waals surface area contributed by atoms with E-state index < -0.39 is 5.41 Å². The maximum Gasteiger partial charge on any atom is 0.227 e. The number of amides is 1. The predicted octanol–water partition coefficient (Wildman–Crippen LogP) is 2.83. The topological polar surface area (TPSA) is 55.1 Å². The van der Waals surface area contributed by atoms with Crippen LogP contribution in [0.3, 0.4) is 0 Å². The Morgan fingerprint density at radius 3 is 2.80 bits per heavy atom. The average molecular weight is 278 g/mol. The Bertz CT molecular complexity index is 517. The molecule has 0 saturated heterocycles.